The number of hydrogen-bond donors (Lipinski definition) is 0. The fourth-order valence-electron chi connectivity index (χ4n) is 2.93. The Balaban J connectivity index is 2.44. The molecule has 0 amide bonds. The van der Waals surface area contributed by atoms with E-state index in [1.165, 1.54) is 32.8 Å². The summed E-state index contributed by atoms with van der Waals surface area (Å²) in [6, 6.07) is 17.1. The zero-order chi connectivity index (χ0) is 12.3. The predicted molar refractivity (Wildman–Crippen MR) is 77.1 cm³/mol. The van der Waals surface area contributed by atoms with Gasteiger partial charge in [0.05, 0.1) is 16.6 Å². The van der Waals surface area contributed by atoms with Crippen molar-refractivity contribution in [3.63, 3.8) is 0 Å². The monoisotopic (exact) mass is 246 g/mol. The van der Waals surface area contributed by atoms with Gasteiger partial charge in [0.1, 0.15) is 0 Å². The van der Waals surface area contributed by atoms with Gasteiger partial charge in [-0.25, -0.2) is 0 Å². The third kappa shape index (κ3) is 1.09. The first kappa shape index (κ1) is 10.3. The molecule has 0 atom stereocenters. The summed E-state index contributed by atoms with van der Waals surface area (Å²) in [5.74, 6) is 0. The topological polar surface area (TPSA) is 9.86 Å². The molecule has 2 aromatic heterocycles. The second-order valence-corrected chi connectivity index (χ2v) is 5.18. The van der Waals surface area contributed by atoms with Crippen molar-refractivity contribution in [2.45, 2.75) is 0 Å². The minimum atomic E-state index is 1.26. The van der Waals surface area contributed by atoms with Crippen molar-refractivity contribution in [2.24, 2.45) is 7.05 Å². The first-order valence-corrected chi connectivity index (χ1v) is 6.52. The van der Waals surface area contributed by atoms with Gasteiger partial charge < -0.3 is 8.12 Å². The Morgan fingerprint density at radius 2 is 1.33 bits per heavy atom. The van der Waals surface area contributed by atoms with E-state index in [1.807, 2.05) is 0 Å². The van der Waals surface area contributed by atoms with E-state index in [0.29, 0.717) is 0 Å². The van der Waals surface area contributed by atoms with E-state index in [-0.39, 0.29) is 0 Å². The van der Waals surface area contributed by atoms with E-state index in [2.05, 4.69) is 80.2 Å². The zero-order valence-corrected chi connectivity index (χ0v) is 11.2. The highest BCUT2D eigenvalue weighted by molar-refractivity contribution is 6.27. The molecule has 0 saturated carbocycles. The zero-order valence-electron chi connectivity index (χ0n) is 10.1. The molecule has 4 rings (SSSR count). The summed E-state index contributed by atoms with van der Waals surface area (Å²) in [7, 11) is 2.14. The lowest BCUT2D eigenvalue weighted by molar-refractivity contribution is 1.02. The minimum absolute atomic E-state index is 1.26. The van der Waals surface area contributed by atoms with Gasteiger partial charge >= 0.3 is 16.5 Å². The molecule has 2 aromatic carbocycles. The number of fused-ring (bicyclic) bond motifs is 5. The highest BCUT2D eigenvalue weighted by atomic mass is 27.1. The van der Waals surface area contributed by atoms with E-state index < -0.39 is 0 Å². The molecule has 2 heterocycles. The largest absolute Gasteiger partial charge is 0.450 e. The van der Waals surface area contributed by atoms with E-state index >= 15 is 0 Å². The summed E-state index contributed by atoms with van der Waals surface area (Å²) >= 11 is 2.83. The molecular weight excluding hydrogens is 235 g/mol. The van der Waals surface area contributed by atoms with Gasteiger partial charge in [0.25, 0.3) is 0 Å². The van der Waals surface area contributed by atoms with Crippen LogP contribution in [0.15, 0.2) is 48.5 Å². The van der Waals surface area contributed by atoms with Crippen LogP contribution in [-0.4, -0.2) is 24.6 Å². The maximum atomic E-state index is 2.83. The summed E-state index contributed by atoms with van der Waals surface area (Å²) < 4.78 is 4.50. The summed E-state index contributed by atoms with van der Waals surface area (Å²) in [4.78, 5) is 0. The van der Waals surface area contributed by atoms with Crippen molar-refractivity contribution in [3.05, 3.63) is 48.5 Å². The SMILES string of the molecule is Cn1c2ccccc2c2c1c1ccccc1[n]2[Al]. The van der Waals surface area contributed by atoms with Crippen molar-refractivity contribution in [1.82, 2.24) is 8.12 Å². The molecule has 0 aliphatic carbocycles. The van der Waals surface area contributed by atoms with Crippen LogP contribution in [-0.2, 0) is 7.05 Å². The number of rotatable bonds is 0. The average molecular weight is 246 g/mol. The van der Waals surface area contributed by atoms with E-state index in [1.54, 1.807) is 0 Å². The molecule has 0 aliphatic rings. The fraction of sp³-hybridized carbons (Fsp3) is 0.0667. The Kier molecular flexibility index (Phi) is 1.94. The maximum absolute atomic E-state index is 2.83. The number of nitrogens with zero attached hydrogens (tertiary/aromatic N) is 2. The average Bonchev–Trinajstić information content (AvgIpc) is 2.87. The lowest BCUT2D eigenvalue weighted by Crippen LogP contribution is -1.89. The van der Waals surface area contributed by atoms with Gasteiger partial charge in [0, 0.05) is 23.3 Å². The Hall–Kier alpha value is -1.69. The van der Waals surface area contributed by atoms with Crippen LogP contribution in [0.5, 0.6) is 0 Å². The van der Waals surface area contributed by atoms with Crippen LogP contribution in [0.4, 0.5) is 0 Å². The van der Waals surface area contributed by atoms with Gasteiger partial charge in [0.2, 0.25) is 0 Å². The van der Waals surface area contributed by atoms with Crippen molar-refractivity contribution in [3.8, 4) is 0 Å². The standard InChI is InChI=1S/C15H11N2.Al/c1-17-13-9-5-3-7-11(13)14-15(17)10-6-2-4-8-12(10)16-14;/h2-9H,1H3;/q-1;+1. The normalized spacial score (nSPS) is 11.8. The van der Waals surface area contributed by atoms with Crippen LogP contribution in [0.1, 0.15) is 0 Å². The van der Waals surface area contributed by atoms with E-state index in [9.17, 15) is 0 Å². The molecule has 0 spiro atoms. The lowest BCUT2D eigenvalue weighted by atomic mass is 10.2. The number of hydrogen-bond acceptors (Lipinski definition) is 0. The highest BCUT2D eigenvalue weighted by Gasteiger charge is 2.14. The van der Waals surface area contributed by atoms with E-state index in [0.717, 1.165) is 0 Å². The fourth-order valence-corrected chi connectivity index (χ4v) is 3.42. The van der Waals surface area contributed by atoms with Gasteiger partial charge in [-0.15, -0.1) is 0 Å². The predicted octanol–water partition coefficient (Wildman–Crippen LogP) is 3.22. The van der Waals surface area contributed by atoms with Crippen molar-refractivity contribution < 1.29 is 0 Å². The molecule has 18 heavy (non-hydrogen) atoms. The second kappa shape index (κ2) is 3.41. The molecule has 2 radical (unpaired) electrons. The van der Waals surface area contributed by atoms with Crippen LogP contribution in [0, 0.1) is 0 Å². The summed E-state index contributed by atoms with van der Waals surface area (Å²) in [5, 5.41) is 2.61. The summed E-state index contributed by atoms with van der Waals surface area (Å²) in [6.45, 7) is 0. The number of aromatic nitrogens is 2. The van der Waals surface area contributed by atoms with Gasteiger partial charge in [-0.2, -0.15) is 0 Å². The van der Waals surface area contributed by atoms with Gasteiger partial charge in [-0.1, -0.05) is 36.4 Å². The highest BCUT2D eigenvalue weighted by Crippen LogP contribution is 2.34. The smallest absolute Gasteiger partial charge is 0.318 e. The molecule has 0 fully saturated rings. The van der Waals surface area contributed by atoms with Crippen LogP contribution in [0.25, 0.3) is 32.8 Å². The van der Waals surface area contributed by atoms with Crippen LogP contribution in [0.3, 0.4) is 0 Å². The Morgan fingerprint density at radius 1 is 0.778 bits per heavy atom. The quantitative estimate of drug-likeness (QED) is 0.422. The van der Waals surface area contributed by atoms with Gasteiger partial charge in [-0.3, -0.25) is 0 Å². The van der Waals surface area contributed by atoms with Crippen molar-refractivity contribution in [2.75, 3.05) is 0 Å². The number of aryl methyl sites for hydroxylation is 1. The van der Waals surface area contributed by atoms with Gasteiger partial charge in [0.15, 0.2) is 0 Å². The molecule has 84 valence electrons. The molecular formula is C15H11AlN2. The minimum Gasteiger partial charge on any atom is -0.450 e. The first-order chi connectivity index (χ1) is 8.79. The second-order valence-electron chi connectivity index (χ2n) is 4.66. The van der Waals surface area contributed by atoms with E-state index in [4.69, 9.17) is 0 Å². The third-order valence-electron chi connectivity index (χ3n) is 3.74. The van der Waals surface area contributed by atoms with Crippen molar-refractivity contribution >= 4 is 49.4 Å². The van der Waals surface area contributed by atoms with Crippen LogP contribution < -0.4 is 0 Å². The molecule has 3 heteroatoms. The Morgan fingerprint density at radius 3 is 2.06 bits per heavy atom. The van der Waals surface area contributed by atoms with Crippen LogP contribution in [0.2, 0.25) is 0 Å². The summed E-state index contributed by atoms with van der Waals surface area (Å²) in [6.07, 6.45) is 0. The Labute approximate surface area is 113 Å². The Bertz CT molecular complexity index is 823. The maximum Gasteiger partial charge on any atom is 0.318 e. The summed E-state index contributed by atoms with van der Waals surface area (Å²) in [5.41, 5.74) is 5.14. The van der Waals surface area contributed by atoms with Crippen molar-refractivity contribution in [1.29, 1.82) is 0 Å². The van der Waals surface area contributed by atoms with Crippen LogP contribution >= 0.6 is 0 Å². The molecule has 0 unspecified atom stereocenters. The number of benzene rings is 2. The molecule has 0 saturated heterocycles. The molecule has 0 N–H and O–H groups in total. The third-order valence-corrected chi connectivity index (χ3v) is 4.28. The molecule has 2 nitrogen and oxygen atoms in total. The lowest BCUT2D eigenvalue weighted by Gasteiger charge is -2.01. The van der Waals surface area contributed by atoms with Gasteiger partial charge in [-0.05, 0) is 12.1 Å². The molecule has 0 aliphatic heterocycles. The first-order valence-electron chi connectivity index (χ1n) is 6.00. The molecule has 4 aromatic rings. The molecule has 0 bridgehead atoms. The number of para-hydroxylation sites is 2.